The summed E-state index contributed by atoms with van der Waals surface area (Å²) in [6.45, 7) is 6.41. The Labute approximate surface area is 158 Å². The molecule has 4 saturated carbocycles. The molecule has 0 heterocycles. The molecule has 0 aromatic heterocycles. The third-order valence-electron chi connectivity index (χ3n) is 9.25. The van der Waals surface area contributed by atoms with Gasteiger partial charge < -0.3 is 9.84 Å². The second-order valence-electron chi connectivity index (χ2n) is 10.2. The molecular weight excluding hydrogens is 324 g/mol. The molecule has 0 radical (unpaired) electrons. The SMILES string of the molecule is CC(=O)OC(O)=C[C@H]1CC[C@H]2[C@@H]3CCC4CCCC[C@]4(C)[C@H]3CC[C@]12C. The van der Waals surface area contributed by atoms with E-state index in [1.165, 1.54) is 64.7 Å². The fourth-order valence-corrected chi connectivity index (χ4v) is 7.96. The zero-order chi connectivity index (χ0) is 18.5. The summed E-state index contributed by atoms with van der Waals surface area (Å²) in [5.74, 6) is 3.22. The molecule has 3 heteroatoms. The van der Waals surface area contributed by atoms with Crippen molar-refractivity contribution in [2.24, 2.45) is 40.4 Å². The molecule has 3 nitrogen and oxygen atoms in total. The van der Waals surface area contributed by atoms with Crippen LogP contribution in [0.1, 0.15) is 85.0 Å². The standard InChI is InChI=1S/C23H36O3/c1-15(24)26-21(25)14-17-8-10-19-18-9-7-16-6-4-5-12-22(16,2)20(18)11-13-23(17,19)3/h14,16-20,25H,4-13H2,1-3H3/t16?,17-,18+,19+,20+,22+,23-/m1/s1. The summed E-state index contributed by atoms with van der Waals surface area (Å²) < 4.78 is 4.91. The van der Waals surface area contributed by atoms with Gasteiger partial charge in [0.15, 0.2) is 0 Å². The van der Waals surface area contributed by atoms with Crippen LogP contribution in [-0.2, 0) is 9.53 Å². The van der Waals surface area contributed by atoms with E-state index in [2.05, 4.69) is 13.8 Å². The van der Waals surface area contributed by atoms with Crippen LogP contribution in [-0.4, -0.2) is 11.1 Å². The van der Waals surface area contributed by atoms with Crippen LogP contribution in [0.4, 0.5) is 0 Å². The Balaban J connectivity index is 1.55. The van der Waals surface area contributed by atoms with Gasteiger partial charge in [0.1, 0.15) is 0 Å². The molecule has 0 saturated heterocycles. The minimum atomic E-state index is -0.439. The lowest BCUT2D eigenvalue weighted by molar-refractivity contribution is -0.140. The molecule has 4 aliphatic carbocycles. The molecule has 4 aliphatic rings. The van der Waals surface area contributed by atoms with Crippen molar-refractivity contribution in [3.05, 3.63) is 12.0 Å². The number of allylic oxidation sites excluding steroid dienone is 1. The molecule has 26 heavy (non-hydrogen) atoms. The highest BCUT2D eigenvalue weighted by atomic mass is 16.6. The quantitative estimate of drug-likeness (QED) is 0.485. The van der Waals surface area contributed by atoms with Gasteiger partial charge in [-0.05, 0) is 91.8 Å². The Bertz CT molecular complexity index is 596. The summed E-state index contributed by atoms with van der Waals surface area (Å²) in [5.41, 5.74) is 0.837. The van der Waals surface area contributed by atoms with Crippen LogP contribution in [0.2, 0.25) is 0 Å². The number of ether oxygens (including phenoxy) is 1. The van der Waals surface area contributed by atoms with E-state index in [-0.39, 0.29) is 11.4 Å². The Morgan fingerprint density at radius 1 is 0.962 bits per heavy atom. The number of aliphatic hydroxyl groups is 1. The molecule has 146 valence electrons. The predicted molar refractivity (Wildman–Crippen MR) is 102 cm³/mol. The van der Waals surface area contributed by atoms with Gasteiger partial charge in [-0.15, -0.1) is 0 Å². The summed E-state index contributed by atoms with van der Waals surface area (Å²) in [7, 11) is 0. The fourth-order valence-electron chi connectivity index (χ4n) is 7.96. The van der Waals surface area contributed by atoms with Crippen molar-refractivity contribution in [2.45, 2.75) is 85.0 Å². The number of hydrogen-bond donors (Lipinski definition) is 1. The topological polar surface area (TPSA) is 46.5 Å². The van der Waals surface area contributed by atoms with Gasteiger partial charge in [0.2, 0.25) is 0 Å². The number of esters is 1. The first-order chi connectivity index (χ1) is 12.3. The Kier molecular flexibility index (Phi) is 4.64. The fraction of sp³-hybridized carbons (Fsp3) is 0.870. The van der Waals surface area contributed by atoms with Gasteiger partial charge in [-0.25, -0.2) is 0 Å². The largest absolute Gasteiger partial charge is 0.481 e. The van der Waals surface area contributed by atoms with Crippen LogP contribution < -0.4 is 0 Å². The first kappa shape index (κ1) is 18.4. The Morgan fingerprint density at radius 2 is 1.73 bits per heavy atom. The van der Waals surface area contributed by atoms with Gasteiger partial charge in [0.25, 0.3) is 5.95 Å². The van der Waals surface area contributed by atoms with Gasteiger partial charge in [-0.3, -0.25) is 4.79 Å². The Hall–Kier alpha value is -0.990. The maximum atomic E-state index is 11.1. The minimum Gasteiger partial charge on any atom is -0.481 e. The van der Waals surface area contributed by atoms with E-state index in [1.807, 2.05) is 6.08 Å². The Morgan fingerprint density at radius 3 is 2.50 bits per heavy atom. The monoisotopic (exact) mass is 360 g/mol. The third-order valence-corrected chi connectivity index (χ3v) is 9.25. The van der Waals surface area contributed by atoms with E-state index in [1.54, 1.807) is 0 Å². The molecule has 0 bridgehead atoms. The number of rotatable bonds is 2. The van der Waals surface area contributed by atoms with Crippen LogP contribution in [0.5, 0.6) is 0 Å². The average Bonchev–Trinajstić information content (AvgIpc) is 2.90. The number of carbonyl (C=O) groups excluding carboxylic acids is 1. The lowest BCUT2D eigenvalue weighted by Gasteiger charge is -2.60. The molecule has 0 amide bonds. The summed E-state index contributed by atoms with van der Waals surface area (Å²) in [5, 5.41) is 10.0. The first-order valence-corrected chi connectivity index (χ1v) is 10.9. The average molecular weight is 361 g/mol. The highest BCUT2D eigenvalue weighted by Crippen LogP contribution is 2.67. The van der Waals surface area contributed by atoms with E-state index in [4.69, 9.17) is 4.74 Å². The number of fused-ring (bicyclic) bond motifs is 5. The number of aliphatic hydroxyl groups excluding tert-OH is 1. The molecule has 4 fully saturated rings. The lowest BCUT2D eigenvalue weighted by Crippen LogP contribution is -2.52. The van der Waals surface area contributed by atoms with Crippen LogP contribution >= 0.6 is 0 Å². The van der Waals surface area contributed by atoms with E-state index in [9.17, 15) is 9.90 Å². The molecule has 0 spiro atoms. The van der Waals surface area contributed by atoms with Crippen LogP contribution in [0.25, 0.3) is 0 Å². The van der Waals surface area contributed by atoms with Gasteiger partial charge >= 0.3 is 5.97 Å². The van der Waals surface area contributed by atoms with Crippen LogP contribution in [0.15, 0.2) is 12.0 Å². The zero-order valence-electron chi connectivity index (χ0n) is 16.8. The molecule has 0 aliphatic heterocycles. The highest BCUT2D eigenvalue weighted by Gasteiger charge is 2.59. The summed E-state index contributed by atoms with van der Waals surface area (Å²) in [6, 6.07) is 0. The first-order valence-electron chi connectivity index (χ1n) is 10.9. The van der Waals surface area contributed by atoms with Gasteiger partial charge in [-0.1, -0.05) is 26.7 Å². The molecule has 7 atom stereocenters. The molecule has 1 N–H and O–H groups in total. The van der Waals surface area contributed by atoms with Gasteiger partial charge in [-0.2, -0.15) is 0 Å². The van der Waals surface area contributed by atoms with Crippen molar-refractivity contribution in [1.82, 2.24) is 0 Å². The lowest BCUT2D eigenvalue weighted by atomic mass is 9.45. The molecular formula is C23H36O3. The van der Waals surface area contributed by atoms with Crippen molar-refractivity contribution < 1.29 is 14.6 Å². The van der Waals surface area contributed by atoms with Crippen molar-refractivity contribution in [2.75, 3.05) is 0 Å². The second kappa shape index (κ2) is 6.56. The van der Waals surface area contributed by atoms with Gasteiger partial charge in [0.05, 0.1) is 0 Å². The molecule has 1 unspecified atom stereocenters. The van der Waals surface area contributed by atoms with Crippen molar-refractivity contribution in [3.63, 3.8) is 0 Å². The summed E-state index contributed by atoms with van der Waals surface area (Å²) >= 11 is 0. The van der Waals surface area contributed by atoms with Crippen molar-refractivity contribution >= 4 is 5.97 Å². The predicted octanol–water partition coefficient (Wildman–Crippen LogP) is 6.00. The van der Waals surface area contributed by atoms with E-state index >= 15 is 0 Å². The third kappa shape index (κ3) is 2.81. The number of carbonyl (C=O) groups is 1. The normalized spacial score (nSPS) is 48.3. The van der Waals surface area contributed by atoms with E-state index in [0.29, 0.717) is 11.3 Å². The van der Waals surface area contributed by atoms with Gasteiger partial charge in [0, 0.05) is 13.0 Å². The van der Waals surface area contributed by atoms with Crippen LogP contribution in [0.3, 0.4) is 0 Å². The van der Waals surface area contributed by atoms with Crippen molar-refractivity contribution in [1.29, 1.82) is 0 Å². The summed E-state index contributed by atoms with van der Waals surface area (Å²) in [6.07, 6.45) is 15.5. The highest BCUT2D eigenvalue weighted by molar-refractivity contribution is 5.66. The number of hydrogen-bond acceptors (Lipinski definition) is 3. The summed E-state index contributed by atoms with van der Waals surface area (Å²) in [4.78, 5) is 11.1. The van der Waals surface area contributed by atoms with Crippen LogP contribution in [0, 0.1) is 40.4 Å². The van der Waals surface area contributed by atoms with Crippen molar-refractivity contribution in [3.8, 4) is 0 Å². The zero-order valence-corrected chi connectivity index (χ0v) is 16.8. The molecule has 4 rings (SSSR count). The smallest absolute Gasteiger partial charge is 0.310 e. The van der Waals surface area contributed by atoms with E-state index in [0.717, 1.165) is 30.1 Å². The molecule has 0 aromatic carbocycles. The maximum absolute atomic E-state index is 11.1. The van der Waals surface area contributed by atoms with E-state index < -0.39 is 5.97 Å². The second-order valence-corrected chi connectivity index (χ2v) is 10.2. The molecule has 0 aromatic rings. The maximum Gasteiger partial charge on any atom is 0.310 e. The minimum absolute atomic E-state index is 0.186.